The van der Waals surface area contributed by atoms with Crippen LogP contribution in [-0.2, 0) is 9.53 Å². The highest BCUT2D eigenvalue weighted by Gasteiger charge is 2.00. The average Bonchev–Trinajstić information content (AvgIpc) is 2.48. The third kappa shape index (κ3) is 18.2. The van der Waals surface area contributed by atoms with Gasteiger partial charge in [0.15, 0.2) is 0 Å². The zero-order valence-electron chi connectivity index (χ0n) is 14.0. The molecule has 0 aliphatic rings. The summed E-state index contributed by atoms with van der Waals surface area (Å²) in [7, 11) is 0. The summed E-state index contributed by atoms with van der Waals surface area (Å²) in [6.45, 7) is 2.37. The van der Waals surface area contributed by atoms with Crippen molar-refractivity contribution in [1.82, 2.24) is 0 Å². The number of ether oxygens (including phenoxy) is 1. The standard InChI is InChI=1S/C18H35IO2/c1-2-21-18(20)16-14-12-10-8-6-4-3-5-7-9-11-13-15-17-19/h2-17H2,1H3. The highest BCUT2D eigenvalue weighted by Crippen LogP contribution is 2.13. The first kappa shape index (κ1) is 21.2. The van der Waals surface area contributed by atoms with Gasteiger partial charge < -0.3 is 4.74 Å². The normalized spacial score (nSPS) is 10.8. The Kier molecular flexibility index (Phi) is 18.4. The van der Waals surface area contributed by atoms with Crippen molar-refractivity contribution in [3.63, 3.8) is 0 Å². The predicted molar refractivity (Wildman–Crippen MR) is 100 cm³/mol. The summed E-state index contributed by atoms with van der Waals surface area (Å²) in [6, 6.07) is 0. The van der Waals surface area contributed by atoms with E-state index in [1.54, 1.807) is 0 Å². The van der Waals surface area contributed by atoms with Crippen molar-refractivity contribution in [2.24, 2.45) is 0 Å². The molecule has 0 aliphatic carbocycles. The lowest BCUT2D eigenvalue weighted by Gasteiger charge is -2.03. The monoisotopic (exact) mass is 410 g/mol. The van der Waals surface area contributed by atoms with Crippen molar-refractivity contribution >= 4 is 28.6 Å². The fourth-order valence-electron chi connectivity index (χ4n) is 2.54. The Hall–Kier alpha value is 0.200. The number of halogens is 1. The van der Waals surface area contributed by atoms with Gasteiger partial charge in [0.1, 0.15) is 0 Å². The highest BCUT2D eigenvalue weighted by molar-refractivity contribution is 14.1. The molecular weight excluding hydrogens is 375 g/mol. The van der Waals surface area contributed by atoms with Gasteiger partial charge in [0.2, 0.25) is 0 Å². The van der Waals surface area contributed by atoms with Crippen LogP contribution in [0.2, 0.25) is 0 Å². The first-order valence-electron chi connectivity index (χ1n) is 9.02. The number of alkyl halides is 1. The van der Waals surface area contributed by atoms with Crippen molar-refractivity contribution in [3.8, 4) is 0 Å². The van der Waals surface area contributed by atoms with Crippen LogP contribution in [0.4, 0.5) is 0 Å². The van der Waals surface area contributed by atoms with E-state index in [1.807, 2.05) is 6.92 Å². The van der Waals surface area contributed by atoms with Gasteiger partial charge in [0.05, 0.1) is 6.61 Å². The van der Waals surface area contributed by atoms with Crippen LogP contribution in [-0.4, -0.2) is 17.0 Å². The maximum absolute atomic E-state index is 11.1. The van der Waals surface area contributed by atoms with Crippen molar-refractivity contribution in [2.75, 3.05) is 11.0 Å². The lowest BCUT2D eigenvalue weighted by molar-refractivity contribution is -0.143. The zero-order chi connectivity index (χ0) is 15.6. The number of esters is 1. The van der Waals surface area contributed by atoms with E-state index in [0.29, 0.717) is 13.0 Å². The minimum atomic E-state index is -0.0315. The molecule has 0 spiro atoms. The van der Waals surface area contributed by atoms with E-state index in [2.05, 4.69) is 22.6 Å². The molecule has 0 unspecified atom stereocenters. The van der Waals surface area contributed by atoms with Crippen LogP contribution in [0, 0.1) is 0 Å². The molecular formula is C18H35IO2. The third-order valence-corrected chi connectivity index (χ3v) is 4.58. The summed E-state index contributed by atoms with van der Waals surface area (Å²) in [5.74, 6) is -0.0315. The molecule has 0 saturated heterocycles. The maximum atomic E-state index is 11.1. The van der Waals surface area contributed by atoms with E-state index in [9.17, 15) is 4.79 Å². The molecule has 2 nitrogen and oxygen atoms in total. The molecule has 3 heteroatoms. The van der Waals surface area contributed by atoms with Crippen molar-refractivity contribution in [2.45, 2.75) is 96.8 Å². The molecule has 0 bridgehead atoms. The zero-order valence-corrected chi connectivity index (χ0v) is 16.2. The van der Waals surface area contributed by atoms with Crippen molar-refractivity contribution < 1.29 is 9.53 Å². The Morgan fingerprint density at radius 3 is 1.48 bits per heavy atom. The molecule has 0 radical (unpaired) electrons. The molecule has 0 rings (SSSR count). The first-order valence-corrected chi connectivity index (χ1v) is 10.6. The lowest BCUT2D eigenvalue weighted by Crippen LogP contribution is -2.03. The third-order valence-electron chi connectivity index (χ3n) is 3.82. The summed E-state index contributed by atoms with van der Waals surface area (Å²) < 4.78 is 6.23. The predicted octanol–water partition coefficient (Wildman–Crippen LogP) is 6.45. The van der Waals surface area contributed by atoms with Gasteiger partial charge in [-0.05, 0) is 24.2 Å². The molecule has 0 atom stereocenters. The molecule has 0 aliphatic heterocycles. The Morgan fingerprint density at radius 2 is 1.10 bits per heavy atom. The molecule has 0 aromatic carbocycles. The smallest absolute Gasteiger partial charge is 0.305 e. The largest absolute Gasteiger partial charge is 0.466 e. The summed E-state index contributed by atoms with van der Waals surface area (Å²) in [5, 5.41) is 0. The van der Waals surface area contributed by atoms with Gasteiger partial charge in [-0.15, -0.1) is 0 Å². The Balaban J connectivity index is 3.01. The number of hydrogen-bond acceptors (Lipinski definition) is 2. The van der Waals surface area contributed by atoms with E-state index in [0.717, 1.165) is 6.42 Å². The van der Waals surface area contributed by atoms with E-state index >= 15 is 0 Å². The van der Waals surface area contributed by atoms with Crippen LogP contribution in [0.25, 0.3) is 0 Å². The second kappa shape index (κ2) is 18.2. The highest BCUT2D eigenvalue weighted by atomic mass is 127. The average molecular weight is 410 g/mol. The van der Waals surface area contributed by atoms with Crippen LogP contribution in [0.1, 0.15) is 96.8 Å². The molecule has 126 valence electrons. The number of rotatable bonds is 16. The fourth-order valence-corrected chi connectivity index (χ4v) is 3.08. The number of hydrogen-bond donors (Lipinski definition) is 0. The molecule has 21 heavy (non-hydrogen) atoms. The molecule has 0 saturated carbocycles. The lowest BCUT2D eigenvalue weighted by atomic mass is 10.0. The van der Waals surface area contributed by atoms with E-state index in [1.165, 1.54) is 81.5 Å². The minimum Gasteiger partial charge on any atom is -0.466 e. The Labute approximate surface area is 145 Å². The van der Waals surface area contributed by atoms with E-state index < -0.39 is 0 Å². The topological polar surface area (TPSA) is 26.3 Å². The first-order chi connectivity index (χ1) is 10.3. The number of carbonyl (C=O) groups is 1. The van der Waals surface area contributed by atoms with Crippen molar-refractivity contribution in [3.05, 3.63) is 0 Å². The molecule has 0 aromatic rings. The molecule has 0 aromatic heterocycles. The minimum absolute atomic E-state index is 0.0315. The van der Waals surface area contributed by atoms with Gasteiger partial charge in [-0.25, -0.2) is 0 Å². The summed E-state index contributed by atoms with van der Waals surface area (Å²) in [4.78, 5) is 11.1. The SMILES string of the molecule is CCOC(=O)CCCCCCCCCCCCCCCI. The molecule has 0 heterocycles. The van der Waals surface area contributed by atoms with Gasteiger partial charge in [0.25, 0.3) is 0 Å². The van der Waals surface area contributed by atoms with Gasteiger partial charge in [0, 0.05) is 6.42 Å². The Morgan fingerprint density at radius 1 is 0.714 bits per heavy atom. The van der Waals surface area contributed by atoms with Gasteiger partial charge in [-0.1, -0.05) is 93.2 Å². The van der Waals surface area contributed by atoms with Crippen LogP contribution < -0.4 is 0 Å². The van der Waals surface area contributed by atoms with Crippen molar-refractivity contribution in [1.29, 1.82) is 0 Å². The maximum Gasteiger partial charge on any atom is 0.305 e. The second-order valence-corrected chi connectivity index (χ2v) is 6.92. The summed E-state index contributed by atoms with van der Waals surface area (Å²) in [6.07, 6.45) is 18.1. The van der Waals surface area contributed by atoms with Crippen LogP contribution in [0.3, 0.4) is 0 Å². The molecule has 0 amide bonds. The quantitative estimate of drug-likeness (QED) is 0.127. The number of unbranched alkanes of at least 4 members (excludes halogenated alkanes) is 12. The van der Waals surface area contributed by atoms with Gasteiger partial charge >= 0.3 is 5.97 Å². The summed E-state index contributed by atoms with van der Waals surface area (Å²) in [5.41, 5.74) is 0. The van der Waals surface area contributed by atoms with Gasteiger partial charge in [-0.3, -0.25) is 4.79 Å². The van der Waals surface area contributed by atoms with Crippen LogP contribution in [0.5, 0.6) is 0 Å². The Bertz CT molecular complexity index is 219. The van der Waals surface area contributed by atoms with Gasteiger partial charge in [-0.2, -0.15) is 0 Å². The fraction of sp³-hybridized carbons (Fsp3) is 0.944. The van der Waals surface area contributed by atoms with Crippen LogP contribution in [0.15, 0.2) is 0 Å². The van der Waals surface area contributed by atoms with Crippen LogP contribution >= 0.6 is 22.6 Å². The second-order valence-electron chi connectivity index (χ2n) is 5.84. The summed E-state index contributed by atoms with van der Waals surface area (Å²) >= 11 is 2.47. The van der Waals surface area contributed by atoms with E-state index in [4.69, 9.17) is 4.74 Å². The molecule has 0 fully saturated rings. The molecule has 0 N–H and O–H groups in total. The number of carbonyl (C=O) groups excluding carboxylic acids is 1. The van der Waals surface area contributed by atoms with E-state index in [-0.39, 0.29) is 5.97 Å².